The molecule has 0 heterocycles. The fourth-order valence-corrected chi connectivity index (χ4v) is 1.95. The average Bonchev–Trinajstić information content (AvgIpc) is 2.26. The van der Waals surface area contributed by atoms with E-state index in [2.05, 4.69) is 0 Å². The van der Waals surface area contributed by atoms with Gasteiger partial charge in [0.2, 0.25) is 0 Å². The lowest BCUT2D eigenvalue weighted by molar-refractivity contribution is -0.119. The number of benzene rings is 1. The molecule has 19 heavy (non-hydrogen) atoms. The first-order chi connectivity index (χ1) is 8.74. The van der Waals surface area contributed by atoms with E-state index in [1.807, 2.05) is 0 Å². The molecule has 0 saturated heterocycles. The van der Waals surface area contributed by atoms with Gasteiger partial charge in [-0.05, 0) is 37.1 Å². The van der Waals surface area contributed by atoms with E-state index in [0.717, 1.165) is 6.07 Å². The molecule has 0 spiro atoms. The van der Waals surface area contributed by atoms with Gasteiger partial charge in [0.15, 0.2) is 0 Å². The van der Waals surface area contributed by atoms with E-state index in [9.17, 15) is 17.6 Å². The molecular weight excluding hydrogens is 260 g/mol. The molecule has 0 saturated carbocycles. The number of halogens is 4. The molecule has 1 rings (SSSR count). The monoisotopic (exact) mass is 278 g/mol. The van der Waals surface area contributed by atoms with Crippen LogP contribution in [-0.2, 0) is 0 Å². The van der Waals surface area contributed by atoms with Crippen LogP contribution in [0.2, 0.25) is 0 Å². The highest BCUT2D eigenvalue weighted by molar-refractivity contribution is 5.55. The van der Waals surface area contributed by atoms with Crippen molar-refractivity contribution in [1.29, 1.82) is 0 Å². The van der Waals surface area contributed by atoms with Crippen molar-refractivity contribution in [3.63, 3.8) is 0 Å². The number of rotatable bonds is 5. The lowest BCUT2D eigenvalue weighted by Gasteiger charge is -2.28. The van der Waals surface area contributed by atoms with E-state index < -0.39 is 24.6 Å². The molecule has 0 bridgehead atoms. The maximum absolute atomic E-state index is 13.2. The number of hydrogen-bond acceptors (Lipinski definition) is 2. The van der Waals surface area contributed by atoms with Gasteiger partial charge in [0.1, 0.15) is 12.4 Å². The van der Waals surface area contributed by atoms with Gasteiger partial charge in [0.25, 0.3) is 0 Å². The molecule has 0 aliphatic carbocycles. The Morgan fingerprint density at radius 1 is 1.32 bits per heavy atom. The predicted molar refractivity (Wildman–Crippen MR) is 67.6 cm³/mol. The molecule has 0 unspecified atom stereocenters. The molecule has 0 aliphatic rings. The topological polar surface area (TPSA) is 29.3 Å². The fraction of sp³-hybridized carbons (Fsp3) is 0.538. The van der Waals surface area contributed by atoms with Crippen LogP contribution in [0.5, 0.6) is 0 Å². The molecule has 2 nitrogen and oxygen atoms in total. The Bertz CT molecular complexity index is 416. The van der Waals surface area contributed by atoms with Crippen molar-refractivity contribution in [3.05, 3.63) is 29.6 Å². The summed E-state index contributed by atoms with van der Waals surface area (Å²) in [5.74, 6) is -0.500. The Morgan fingerprint density at radius 3 is 2.42 bits per heavy atom. The largest absolute Gasteiger partial charge is 0.405 e. The van der Waals surface area contributed by atoms with E-state index in [4.69, 9.17) is 5.73 Å². The van der Waals surface area contributed by atoms with Crippen LogP contribution in [-0.4, -0.2) is 19.3 Å². The molecule has 6 heteroatoms. The molecule has 1 atom stereocenters. The summed E-state index contributed by atoms with van der Waals surface area (Å²) in [7, 11) is 0. The normalized spacial score (nSPS) is 13.4. The van der Waals surface area contributed by atoms with E-state index in [1.165, 1.54) is 17.0 Å². The summed E-state index contributed by atoms with van der Waals surface area (Å²) >= 11 is 0. The molecule has 2 N–H and O–H groups in total. The van der Waals surface area contributed by atoms with E-state index in [-0.39, 0.29) is 6.54 Å². The molecule has 0 radical (unpaired) electrons. The number of anilines is 1. The van der Waals surface area contributed by atoms with E-state index in [0.29, 0.717) is 17.7 Å². The van der Waals surface area contributed by atoms with Gasteiger partial charge in [-0.15, -0.1) is 0 Å². The lowest BCUT2D eigenvalue weighted by Crippen LogP contribution is -2.35. The van der Waals surface area contributed by atoms with E-state index >= 15 is 0 Å². The van der Waals surface area contributed by atoms with Crippen molar-refractivity contribution in [1.82, 2.24) is 0 Å². The predicted octanol–water partition coefficient (Wildman–Crippen LogP) is 3.62. The third kappa shape index (κ3) is 4.70. The van der Waals surface area contributed by atoms with Crippen LogP contribution in [0.3, 0.4) is 0 Å². The van der Waals surface area contributed by atoms with Crippen LogP contribution < -0.4 is 10.6 Å². The number of nitrogens with zero attached hydrogens (tertiary/aromatic N) is 1. The minimum absolute atomic E-state index is 0.241. The third-order valence-electron chi connectivity index (χ3n) is 2.68. The van der Waals surface area contributed by atoms with Crippen molar-refractivity contribution in [2.24, 2.45) is 5.73 Å². The first-order valence-corrected chi connectivity index (χ1v) is 6.11. The molecule has 0 aliphatic heterocycles. The smallest absolute Gasteiger partial charge is 0.362 e. The summed E-state index contributed by atoms with van der Waals surface area (Å²) in [6.07, 6.45) is -3.75. The molecule has 0 aromatic heterocycles. The van der Waals surface area contributed by atoms with E-state index in [1.54, 1.807) is 13.8 Å². The second-order valence-corrected chi connectivity index (χ2v) is 4.53. The van der Waals surface area contributed by atoms with Crippen LogP contribution in [0, 0.1) is 5.82 Å². The quantitative estimate of drug-likeness (QED) is 0.833. The van der Waals surface area contributed by atoms with Crippen LogP contribution >= 0.6 is 0 Å². The number of hydrogen-bond donors (Lipinski definition) is 1. The molecule has 1 aromatic carbocycles. The molecule has 0 amide bonds. The van der Waals surface area contributed by atoms with Crippen LogP contribution in [0.1, 0.15) is 31.9 Å². The van der Waals surface area contributed by atoms with Crippen molar-refractivity contribution >= 4 is 5.69 Å². The molecule has 1 aromatic rings. The highest BCUT2D eigenvalue weighted by Crippen LogP contribution is 2.29. The third-order valence-corrected chi connectivity index (χ3v) is 2.68. The Balaban J connectivity index is 3.14. The second kappa shape index (κ2) is 6.23. The van der Waals surface area contributed by atoms with Crippen LogP contribution in [0.15, 0.2) is 18.2 Å². The zero-order valence-electron chi connectivity index (χ0n) is 11.0. The fourth-order valence-electron chi connectivity index (χ4n) is 1.95. The van der Waals surface area contributed by atoms with Gasteiger partial charge in [0.05, 0.1) is 0 Å². The standard InChI is InChI=1S/C13H18F4N2/c1-3-6-19(8-13(15,16)17)12-5-4-10(14)7-11(12)9(2)18/h4-5,7,9H,3,6,8,18H2,1-2H3/t9-/m1/s1. The first kappa shape index (κ1) is 15.8. The zero-order valence-corrected chi connectivity index (χ0v) is 11.0. The van der Waals surface area contributed by atoms with Crippen molar-refractivity contribution < 1.29 is 17.6 Å². The highest BCUT2D eigenvalue weighted by atomic mass is 19.4. The lowest BCUT2D eigenvalue weighted by atomic mass is 10.1. The van der Waals surface area contributed by atoms with Crippen molar-refractivity contribution in [2.75, 3.05) is 18.0 Å². The van der Waals surface area contributed by atoms with Gasteiger partial charge in [-0.25, -0.2) is 4.39 Å². The maximum atomic E-state index is 13.2. The minimum atomic E-state index is -4.31. The average molecular weight is 278 g/mol. The van der Waals surface area contributed by atoms with Gasteiger partial charge in [0, 0.05) is 18.3 Å². The Labute approximate surface area is 110 Å². The Kier molecular flexibility index (Phi) is 5.17. The van der Waals surface area contributed by atoms with Gasteiger partial charge in [-0.3, -0.25) is 0 Å². The minimum Gasteiger partial charge on any atom is -0.362 e. The summed E-state index contributed by atoms with van der Waals surface area (Å²) in [6.45, 7) is 2.59. The highest BCUT2D eigenvalue weighted by Gasteiger charge is 2.31. The Hall–Kier alpha value is -1.30. The van der Waals surface area contributed by atoms with Gasteiger partial charge >= 0.3 is 6.18 Å². The molecule has 108 valence electrons. The summed E-state index contributed by atoms with van der Waals surface area (Å²) < 4.78 is 50.9. The molecular formula is C13H18F4N2. The van der Waals surface area contributed by atoms with Gasteiger partial charge in [-0.2, -0.15) is 13.2 Å². The van der Waals surface area contributed by atoms with Crippen LogP contribution in [0.25, 0.3) is 0 Å². The molecule has 0 fully saturated rings. The second-order valence-electron chi connectivity index (χ2n) is 4.53. The number of nitrogens with two attached hydrogens (primary N) is 1. The van der Waals surface area contributed by atoms with Crippen molar-refractivity contribution in [3.8, 4) is 0 Å². The summed E-state index contributed by atoms with van der Waals surface area (Å²) in [5.41, 5.74) is 6.44. The Morgan fingerprint density at radius 2 is 1.95 bits per heavy atom. The number of alkyl halides is 3. The summed E-state index contributed by atoms with van der Waals surface area (Å²) in [6, 6.07) is 3.17. The van der Waals surface area contributed by atoms with Crippen LogP contribution in [0.4, 0.5) is 23.2 Å². The van der Waals surface area contributed by atoms with Gasteiger partial charge in [-0.1, -0.05) is 6.92 Å². The SMILES string of the molecule is CCCN(CC(F)(F)F)c1ccc(F)cc1[C@@H](C)N. The maximum Gasteiger partial charge on any atom is 0.405 e. The first-order valence-electron chi connectivity index (χ1n) is 6.11. The zero-order chi connectivity index (χ0) is 14.6. The van der Waals surface area contributed by atoms with Crippen molar-refractivity contribution in [2.45, 2.75) is 32.5 Å². The summed E-state index contributed by atoms with van der Waals surface area (Å²) in [4.78, 5) is 1.19. The summed E-state index contributed by atoms with van der Waals surface area (Å²) in [5, 5.41) is 0. The van der Waals surface area contributed by atoms with Gasteiger partial charge < -0.3 is 10.6 Å².